The lowest BCUT2D eigenvalue weighted by Crippen LogP contribution is -2.48. The minimum atomic E-state index is -0.500. The van der Waals surface area contributed by atoms with Crippen LogP contribution in [0.25, 0.3) is 0 Å². The van der Waals surface area contributed by atoms with Gasteiger partial charge in [-0.3, -0.25) is 14.9 Å². The third kappa shape index (κ3) is 3.84. The van der Waals surface area contributed by atoms with Crippen molar-refractivity contribution < 1.29 is 14.4 Å². The monoisotopic (exact) mass is 330 g/mol. The zero-order chi connectivity index (χ0) is 16.9. The number of hydrogen-bond acceptors (Lipinski definition) is 4. The summed E-state index contributed by atoms with van der Waals surface area (Å²) in [6.07, 6.45) is 1.49. The molecule has 24 heavy (non-hydrogen) atoms. The molecule has 0 aromatic heterocycles. The number of piperazine rings is 1. The van der Waals surface area contributed by atoms with Crippen LogP contribution in [-0.4, -0.2) is 55.0 Å². The Morgan fingerprint density at radius 1 is 1.08 bits per heavy atom. The van der Waals surface area contributed by atoms with Crippen LogP contribution in [0.15, 0.2) is 30.3 Å². The molecule has 0 radical (unpaired) electrons. The first kappa shape index (κ1) is 16.3. The van der Waals surface area contributed by atoms with Crippen molar-refractivity contribution in [3.05, 3.63) is 30.3 Å². The van der Waals surface area contributed by atoms with Crippen molar-refractivity contribution >= 4 is 23.5 Å². The van der Waals surface area contributed by atoms with Crippen LogP contribution in [0.2, 0.25) is 0 Å². The zero-order valence-electron chi connectivity index (χ0n) is 13.5. The number of nitrogens with one attached hydrogen (secondary N) is 2. The third-order valence-electron chi connectivity index (χ3n) is 4.50. The maximum Gasteiger partial charge on any atom is 0.322 e. The van der Waals surface area contributed by atoms with Crippen LogP contribution >= 0.6 is 0 Å². The summed E-state index contributed by atoms with van der Waals surface area (Å²) in [4.78, 5) is 38.9. The molecule has 0 aliphatic carbocycles. The number of anilines is 1. The summed E-state index contributed by atoms with van der Waals surface area (Å²) in [6, 6.07) is 9.25. The van der Waals surface area contributed by atoms with E-state index in [0.717, 1.165) is 13.1 Å². The summed E-state index contributed by atoms with van der Waals surface area (Å²) in [6.45, 7) is 3.09. The van der Waals surface area contributed by atoms with Crippen LogP contribution in [0.3, 0.4) is 0 Å². The summed E-state index contributed by atoms with van der Waals surface area (Å²) in [5, 5.41) is 4.75. The fraction of sp³-hybridized carbons (Fsp3) is 0.471. The van der Waals surface area contributed by atoms with Gasteiger partial charge in [-0.15, -0.1) is 0 Å². The van der Waals surface area contributed by atoms with E-state index in [-0.39, 0.29) is 11.8 Å². The Kier molecular flexibility index (Phi) is 4.98. The van der Waals surface area contributed by atoms with Crippen LogP contribution in [0.1, 0.15) is 19.3 Å². The summed E-state index contributed by atoms with van der Waals surface area (Å²) in [5.41, 5.74) is 1.19. The van der Waals surface area contributed by atoms with E-state index in [2.05, 4.69) is 27.7 Å². The molecule has 0 bridgehead atoms. The first-order valence-electron chi connectivity index (χ1n) is 8.32. The molecular weight excluding hydrogens is 308 g/mol. The molecule has 128 valence electrons. The van der Waals surface area contributed by atoms with Crippen LogP contribution < -0.4 is 15.5 Å². The molecule has 1 atom stereocenters. The first-order valence-corrected chi connectivity index (χ1v) is 8.32. The molecule has 4 amide bonds. The number of nitrogens with zero attached hydrogens (tertiary/aromatic N) is 2. The van der Waals surface area contributed by atoms with Crippen LogP contribution in [0, 0.1) is 0 Å². The minimum absolute atomic E-state index is 0.118. The van der Waals surface area contributed by atoms with E-state index < -0.39 is 12.1 Å². The number of carbonyl (C=O) groups excluding carboxylic acids is 3. The highest BCUT2D eigenvalue weighted by Crippen LogP contribution is 2.16. The number of imide groups is 1. The molecule has 2 saturated heterocycles. The minimum Gasteiger partial charge on any atom is -0.368 e. The van der Waals surface area contributed by atoms with Gasteiger partial charge in [-0.2, -0.15) is 0 Å². The highest BCUT2D eigenvalue weighted by molar-refractivity contribution is 6.04. The van der Waals surface area contributed by atoms with Gasteiger partial charge in [-0.1, -0.05) is 18.2 Å². The van der Waals surface area contributed by atoms with Crippen LogP contribution in [-0.2, 0) is 9.59 Å². The Morgan fingerprint density at radius 3 is 2.42 bits per heavy atom. The van der Waals surface area contributed by atoms with E-state index in [1.54, 1.807) is 0 Å². The van der Waals surface area contributed by atoms with Gasteiger partial charge in [0.2, 0.25) is 5.91 Å². The Bertz CT molecular complexity index is 612. The van der Waals surface area contributed by atoms with Gasteiger partial charge < -0.3 is 15.1 Å². The smallest absolute Gasteiger partial charge is 0.322 e. The summed E-state index contributed by atoms with van der Waals surface area (Å²) < 4.78 is 0. The van der Waals surface area contributed by atoms with Crippen molar-refractivity contribution in [3.63, 3.8) is 0 Å². The number of urea groups is 1. The lowest BCUT2D eigenvalue weighted by atomic mass is 10.1. The predicted molar refractivity (Wildman–Crippen MR) is 89.5 cm³/mol. The molecule has 0 saturated carbocycles. The normalized spacial score (nSPS) is 20.8. The lowest BCUT2D eigenvalue weighted by molar-refractivity contribution is -0.131. The number of benzene rings is 1. The number of rotatable bonds is 5. The third-order valence-corrected chi connectivity index (χ3v) is 4.50. The lowest BCUT2D eigenvalue weighted by Gasteiger charge is -2.36. The first-order chi connectivity index (χ1) is 11.6. The fourth-order valence-electron chi connectivity index (χ4n) is 3.13. The van der Waals surface area contributed by atoms with Crippen LogP contribution in [0.5, 0.6) is 0 Å². The number of para-hydroxylation sites is 1. The van der Waals surface area contributed by atoms with Crippen molar-refractivity contribution in [2.75, 3.05) is 31.1 Å². The molecule has 1 aromatic rings. The second-order valence-electron chi connectivity index (χ2n) is 6.11. The van der Waals surface area contributed by atoms with Crippen molar-refractivity contribution in [1.29, 1.82) is 0 Å². The summed E-state index contributed by atoms with van der Waals surface area (Å²) in [5.74, 6) is -0.184. The molecule has 1 unspecified atom stereocenters. The number of hydrogen-bond donors (Lipinski definition) is 2. The van der Waals surface area contributed by atoms with E-state index in [1.165, 1.54) is 5.69 Å². The Hall–Kier alpha value is -2.57. The summed E-state index contributed by atoms with van der Waals surface area (Å²) >= 11 is 0. The molecule has 1 aromatic carbocycles. The second kappa shape index (κ2) is 7.33. The van der Waals surface area contributed by atoms with E-state index in [1.807, 2.05) is 23.1 Å². The van der Waals surface area contributed by atoms with Gasteiger partial charge in [0.25, 0.3) is 5.91 Å². The highest BCUT2D eigenvalue weighted by Gasteiger charge is 2.29. The van der Waals surface area contributed by atoms with Gasteiger partial charge in [0.05, 0.1) is 0 Å². The highest BCUT2D eigenvalue weighted by atomic mass is 16.2. The maximum atomic E-state index is 12.3. The predicted octanol–water partition coefficient (Wildman–Crippen LogP) is 0.713. The summed E-state index contributed by atoms with van der Waals surface area (Å²) in [7, 11) is 0. The van der Waals surface area contributed by atoms with E-state index in [4.69, 9.17) is 0 Å². The number of amides is 4. The van der Waals surface area contributed by atoms with E-state index in [9.17, 15) is 14.4 Å². The molecule has 2 heterocycles. The quantitative estimate of drug-likeness (QED) is 0.779. The SMILES string of the molecule is O=C1NC(=O)C(CCCC(=O)N2CCN(c3ccccc3)CC2)N1. The largest absolute Gasteiger partial charge is 0.368 e. The van der Waals surface area contributed by atoms with Gasteiger partial charge in [0, 0.05) is 38.3 Å². The van der Waals surface area contributed by atoms with E-state index >= 15 is 0 Å². The molecule has 2 aliphatic heterocycles. The van der Waals surface area contributed by atoms with Gasteiger partial charge in [-0.05, 0) is 25.0 Å². The van der Waals surface area contributed by atoms with E-state index in [0.29, 0.717) is 32.4 Å². The van der Waals surface area contributed by atoms with Crippen LogP contribution in [0.4, 0.5) is 10.5 Å². The van der Waals surface area contributed by atoms with Crippen molar-refractivity contribution in [2.24, 2.45) is 0 Å². The molecule has 7 heteroatoms. The molecule has 0 spiro atoms. The van der Waals surface area contributed by atoms with Crippen molar-refractivity contribution in [2.45, 2.75) is 25.3 Å². The second-order valence-corrected chi connectivity index (χ2v) is 6.11. The van der Waals surface area contributed by atoms with Gasteiger partial charge in [0.1, 0.15) is 6.04 Å². The van der Waals surface area contributed by atoms with Gasteiger partial charge in [-0.25, -0.2) is 4.79 Å². The average Bonchev–Trinajstić information content (AvgIpc) is 2.93. The van der Waals surface area contributed by atoms with Gasteiger partial charge in [0.15, 0.2) is 0 Å². The molecular formula is C17H22N4O3. The maximum absolute atomic E-state index is 12.3. The van der Waals surface area contributed by atoms with Crippen molar-refractivity contribution in [1.82, 2.24) is 15.5 Å². The Labute approximate surface area is 141 Å². The topological polar surface area (TPSA) is 81.8 Å². The molecule has 2 aliphatic rings. The Morgan fingerprint density at radius 2 is 1.79 bits per heavy atom. The molecule has 3 rings (SSSR count). The Balaban J connectivity index is 1.39. The van der Waals surface area contributed by atoms with Gasteiger partial charge >= 0.3 is 6.03 Å². The molecule has 7 nitrogen and oxygen atoms in total. The number of carbonyl (C=O) groups is 3. The fourth-order valence-corrected chi connectivity index (χ4v) is 3.13. The van der Waals surface area contributed by atoms with Crippen molar-refractivity contribution in [3.8, 4) is 0 Å². The zero-order valence-corrected chi connectivity index (χ0v) is 13.5. The molecule has 2 fully saturated rings. The molecule has 2 N–H and O–H groups in total. The average molecular weight is 330 g/mol. The standard InChI is InChI=1S/C17H22N4O3/c22-15(8-4-7-14-16(23)19-17(24)18-14)21-11-9-20(10-12-21)13-5-2-1-3-6-13/h1-3,5-6,14H,4,7-12H2,(H2,18,19,23,24).